The number of rotatable bonds is 8. The fraction of sp³-hybridized carbons (Fsp3) is 0.571. The maximum absolute atomic E-state index is 15.0. The molecular formula is C28H32F7N3O3. The Balaban J connectivity index is 1.54. The Morgan fingerprint density at radius 1 is 1.12 bits per heavy atom. The lowest BCUT2D eigenvalue weighted by molar-refractivity contribution is -0.274. The molecule has 2 fully saturated rings. The topological polar surface area (TPSA) is 63.7 Å². The average molecular weight is 592 g/mol. The second-order valence-corrected chi connectivity index (χ2v) is 10.7. The van der Waals surface area contributed by atoms with Crippen LogP contribution in [0, 0.1) is 11.6 Å². The molecule has 2 atom stereocenters. The third-order valence-corrected chi connectivity index (χ3v) is 7.41. The van der Waals surface area contributed by atoms with Crippen LogP contribution in [0.2, 0.25) is 0 Å². The number of likely N-dealkylation sites (tertiary alicyclic amines) is 1. The van der Waals surface area contributed by atoms with Crippen molar-refractivity contribution in [3.63, 3.8) is 0 Å². The van der Waals surface area contributed by atoms with E-state index < -0.39 is 66.3 Å². The Morgan fingerprint density at radius 2 is 1.78 bits per heavy atom. The standard InChI is InChI=1S/C28H32F7N3O3/c1-16(2)38-10-6-21(7-11-38)40-22-4-3-8-27(31,32)26(22)37-23(39)14-17-5-9-36-24(25(17)41-28(33,34)35)18-12-19(29)15-20(30)13-18/h5,9,12-13,15-16,21-22,26H,3-4,6-8,10-11,14H2,1-2H3,(H,37,39)/t22-,26+/m0/s1. The zero-order valence-electron chi connectivity index (χ0n) is 22.6. The van der Waals surface area contributed by atoms with Gasteiger partial charge in [-0.1, -0.05) is 0 Å². The zero-order chi connectivity index (χ0) is 29.9. The van der Waals surface area contributed by atoms with Gasteiger partial charge in [0, 0.05) is 48.9 Å². The number of piperidine rings is 1. The maximum atomic E-state index is 15.0. The van der Waals surface area contributed by atoms with Crippen LogP contribution in [0.3, 0.4) is 0 Å². The van der Waals surface area contributed by atoms with Crippen LogP contribution in [0.25, 0.3) is 11.3 Å². The molecule has 13 heteroatoms. The molecule has 0 unspecified atom stereocenters. The molecule has 1 aliphatic heterocycles. The predicted octanol–water partition coefficient (Wildman–Crippen LogP) is 6.03. The number of pyridine rings is 1. The molecule has 1 aliphatic carbocycles. The van der Waals surface area contributed by atoms with Crippen molar-refractivity contribution < 1.29 is 45.0 Å². The lowest BCUT2D eigenvalue weighted by Gasteiger charge is -2.42. The van der Waals surface area contributed by atoms with E-state index in [0.717, 1.165) is 37.5 Å². The molecule has 1 amide bonds. The van der Waals surface area contributed by atoms with E-state index in [4.69, 9.17) is 4.74 Å². The van der Waals surface area contributed by atoms with Crippen molar-refractivity contribution in [3.8, 4) is 17.0 Å². The number of nitrogens with zero attached hydrogens (tertiary/aromatic N) is 2. The van der Waals surface area contributed by atoms with E-state index in [1.54, 1.807) is 0 Å². The number of hydrogen-bond acceptors (Lipinski definition) is 5. The number of aromatic nitrogens is 1. The van der Waals surface area contributed by atoms with Gasteiger partial charge in [-0.3, -0.25) is 9.78 Å². The lowest BCUT2D eigenvalue weighted by Crippen LogP contribution is -2.58. The summed E-state index contributed by atoms with van der Waals surface area (Å²) in [7, 11) is 0. The van der Waals surface area contributed by atoms with Crippen LogP contribution in [0.4, 0.5) is 30.7 Å². The first-order valence-corrected chi connectivity index (χ1v) is 13.5. The number of carbonyl (C=O) groups is 1. The van der Waals surface area contributed by atoms with Gasteiger partial charge >= 0.3 is 6.36 Å². The number of halogens is 7. The normalized spacial score (nSPS) is 22.1. The molecule has 2 aliphatic rings. The summed E-state index contributed by atoms with van der Waals surface area (Å²) in [6.45, 7) is 5.65. The predicted molar refractivity (Wildman–Crippen MR) is 135 cm³/mol. The monoisotopic (exact) mass is 591 g/mol. The van der Waals surface area contributed by atoms with Gasteiger partial charge in [0.1, 0.15) is 23.4 Å². The molecule has 226 valence electrons. The smallest absolute Gasteiger partial charge is 0.403 e. The second-order valence-electron chi connectivity index (χ2n) is 10.7. The molecule has 1 aromatic carbocycles. The summed E-state index contributed by atoms with van der Waals surface area (Å²) in [5.74, 6) is -7.38. The van der Waals surface area contributed by atoms with Gasteiger partial charge in [0.05, 0.1) is 18.6 Å². The van der Waals surface area contributed by atoms with E-state index in [2.05, 4.69) is 33.8 Å². The Labute approximate surface area is 233 Å². The van der Waals surface area contributed by atoms with Gasteiger partial charge in [0.2, 0.25) is 5.91 Å². The Morgan fingerprint density at radius 3 is 2.39 bits per heavy atom. The highest BCUT2D eigenvalue weighted by atomic mass is 19.4. The van der Waals surface area contributed by atoms with E-state index in [9.17, 15) is 26.7 Å². The molecule has 0 bridgehead atoms. The van der Waals surface area contributed by atoms with Crippen molar-refractivity contribution in [1.29, 1.82) is 0 Å². The van der Waals surface area contributed by atoms with Crippen LogP contribution >= 0.6 is 0 Å². The first-order chi connectivity index (χ1) is 19.2. The fourth-order valence-corrected chi connectivity index (χ4v) is 5.40. The summed E-state index contributed by atoms with van der Waals surface area (Å²) in [6, 6.07) is 1.76. The van der Waals surface area contributed by atoms with Gasteiger partial charge < -0.3 is 19.7 Å². The van der Waals surface area contributed by atoms with Gasteiger partial charge in [-0.15, -0.1) is 13.2 Å². The van der Waals surface area contributed by atoms with E-state index in [-0.39, 0.29) is 30.1 Å². The molecule has 1 aromatic heterocycles. The first-order valence-electron chi connectivity index (χ1n) is 13.5. The third-order valence-electron chi connectivity index (χ3n) is 7.41. The minimum atomic E-state index is -5.24. The van der Waals surface area contributed by atoms with Gasteiger partial charge in [0.25, 0.3) is 5.92 Å². The maximum Gasteiger partial charge on any atom is 0.573 e. The highest BCUT2D eigenvalue weighted by Crippen LogP contribution is 2.38. The first kappa shape index (κ1) is 31.0. The number of nitrogens with one attached hydrogen (secondary N) is 1. The molecule has 1 saturated carbocycles. The van der Waals surface area contributed by atoms with Gasteiger partial charge in [-0.2, -0.15) is 0 Å². The van der Waals surface area contributed by atoms with E-state index in [1.807, 2.05) is 0 Å². The number of hydrogen-bond donors (Lipinski definition) is 1. The minimum absolute atomic E-state index is 0.191. The number of amides is 1. The lowest BCUT2D eigenvalue weighted by atomic mass is 9.88. The number of carbonyl (C=O) groups excluding carboxylic acids is 1. The Kier molecular flexibility index (Phi) is 9.47. The molecule has 1 saturated heterocycles. The number of ether oxygens (including phenoxy) is 2. The van der Waals surface area contributed by atoms with Crippen LogP contribution in [0.5, 0.6) is 5.75 Å². The Bertz CT molecular complexity index is 1200. The third kappa shape index (κ3) is 8.09. The van der Waals surface area contributed by atoms with Crippen molar-refractivity contribution in [1.82, 2.24) is 15.2 Å². The van der Waals surface area contributed by atoms with E-state index in [1.165, 1.54) is 0 Å². The van der Waals surface area contributed by atoms with Crippen LogP contribution < -0.4 is 10.1 Å². The summed E-state index contributed by atoms with van der Waals surface area (Å²) < 4.78 is 108. The van der Waals surface area contributed by atoms with Gasteiger partial charge in [0.15, 0.2) is 5.75 Å². The molecule has 1 N–H and O–H groups in total. The molecule has 0 spiro atoms. The van der Waals surface area contributed by atoms with Crippen LogP contribution in [0.15, 0.2) is 30.5 Å². The SMILES string of the molecule is CC(C)N1CCC(O[C@H]2CCCC(F)(F)[C@@H]2NC(=O)Cc2ccnc(-c3cc(F)cc(F)c3)c2OC(F)(F)F)CC1. The molecular weight excluding hydrogens is 559 g/mol. The quantitative estimate of drug-likeness (QED) is 0.380. The van der Waals surface area contributed by atoms with E-state index in [0.29, 0.717) is 24.9 Å². The van der Waals surface area contributed by atoms with Crippen LogP contribution in [-0.4, -0.2) is 65.5 Å². The van der Waals surface area contributed by atoms with Crippen molar-refractivity contribution in [2.24, 2.45) is 0 Å². The molecule has 2 heterocycles. The number of benzene rings is 1. The Hall–Kier alpha value is -2.93. The second kappa shape index (κ2) is 12.5. The van der Waals surface area contributed by atoms with E-state index >= 15 is 8.78 Å². The highest BCUT2D eigenvalue weighted by Gasteiger charge is 2.49. The average Bonchev–Trinajstić information content (AvgIpc) is 2.86. The summed E-state index contributed by atoms with van der Waals surface area (Å²) in [5.41, 5.74) is -1.28. The van der Waals surface area contributed by atoms with Crippen molar-refractivity contribution in [2.45, 2.75) is 88.9 Å². The number of alkyl halides is 5. The summed E-state index contributed by atoms with van der Waals surface area (Å²) >= 11 is 0. The summed E-state index contributed by atoms with van der Waals surface area (Å²) in [4.78, 5) is 19.1. The fourth-order valence-electron chi connectivity index (χ4n) is 5.40. The molecule has 4 rings (SSSR count). The highest BCUT2D eigenvalue weighted by molar-refractivity contribution is 5.81. The van der Waals surface area contributed by atoms with Crippen LogP contribution in [0.1, 0.15) is 51.5 Å². The molecule has 0 radical (unpaired) electrons. The zero-order valence-corrected chi connectivity index (χ0v) is 22.6. The van der Waals surface area contributed by atoms with Crippen molar-refractivity contribution in [3.05, 3.63) is 47.7 Å². The molecule has 41 heavy (non-hydrogen) atoms. The largest absolute Gasteiger partial charge is 0.573 e. The van der Waals surface area contributed by atoms with Crippen molar-refractivity contribution >= 4 is 5.91 Å². The summed E-state index contributed by atoms with van der Waals surface area (Å²) in [6.07, 6.45) is -4.92. The van der Waals surface area contributed by atoms with Gasteiger partial charge in [-0.05, 0) is 57.7 Å². The van der Waals surface area contributed by atoms with Gasteiger partial charge in [-0.25, -0.2) is 17.6 Å². The summed E-state index contributed by atoms with van der Waals surface area (Å²) in [5, 5.41) is 2.29. The minimum Gasteiger partial charge on any atom is -0.403 e. The van der Waals surface area contributed by atoms with Crippen molar-refractivity contribution in [2.75, 3.05) is 13.1 Å². The van der Waals surface area contributed by atoms with Crippen LogP contribution in [-0.2, 0) is 16.0 Å². The molecule has 6 nitrogen and oxygen atoms in total. The molecule has 2 aromatic rings.